The zero-order valence-electron chi connectivity index (χ0n) is 17.0. The van der Waals surface area contributed by atoms with Crippen molar-refractivity contribution in [2.45, 2.75) is 13.5 Å². The standard InChI is InChI=1S/C23H21N7O/c1-2-30-14-19(22(29-30)17-4-3-10-24-12-17)20-9-11-26-23(28-20)27-18-7-5-16(6-8-18)21-13-25-15-31-21/h3-11,13-15,24H,2,12H2,1H3,(H,26,27,28). The molecule has 3 aromatic heterocycles. The van der Waals surface area contributed by atoms with Crippen LogP contribution in [0, 0.1) is 0 Å². The summed E-state index contributed by atoms with van der Waals surface area (Å²) in [6, 6.07) is 9.75. The second-order valence-corrected chi connectivity index (χ2v) is 7.01. The number of allylic oxidation sites excluding steroid dienone is 2. The summed E-state index contributed by atoms with van der Waals surface area (Å²) in [5, 5.41) is 11.3. The van der Waals surface area contributed by atoms with Gasteiger partial charge in [-0.1, -0.05) is 6.08 Å². The van der Waals surface area contributed by atoms with E-state index in [1.807, 2.05) is 53.5 Å². The maximum absolute atomic E-state index is 5.34. The molecule has 0 saturated carbocycles. The SMILES string of the molecule is CCn1cc(-c2ccnc(Nc3ccc(-c4cnco4)cc3)n2)c(C2=CC=CNC2)n1. The van der Waals surface area contributed by atoms with E-state index in [9.17, 15) is 0 Å². The van der Waals surface area contributed by atoms with E-state index in [0.29, 0.717) is 5.95 Å². The van der Waals surface area contributed by atoms with Crippen molar-refractivity contribution in [3.8, 4) is 22.6 Å². The molecule has 1 aromatic carbocycles. The first-order valence-corrected chi connectivity index (χ1v) is 10.1. The van der Waals surface area contributed by atoms with E-state index in [2.05, 4.69) is 33.6 Å². The number of hydrogen-bond acceptors (Lipinski definition) is 7. The summed E-state index contributed by atoms with van der Waals surface area (Å²) < 4.78 is 7.27. The predicted octanol–water partition coefficient (Wildman–Crippen LogP) is 4.26. The van der Waals surface area contributed by atoms with Gasteiger partial charge in [0.15, 0.2) is 12.2 Å². The lowest BCUT2D eigenvalue weighted by Crippen LogP contribution is -2.12. The van der Waals surface area contributed by atoms with Crippen LogP contribution in [0.25, 0.3) is 28.2 Å². The smallest absolute Gasteiger partial charge is 0.227 e. The Kier molecular flexibility index (Phi) is 5.02. The van der Waals surface area contributed by atoms with Crippen LogP contribution in [0.1, 0.15) is 12.6 Å². The molecule has 2 N–H and O–H groups in total. The number of anilines is 2. The molecule has 4 heterocycles. The number of rotatable bonds is 6. The maximum atomic E-state index is 5.34. The molecular formula is C23H21N7O. The lowest BCUT2D eigenvalue weighted by molar-refractivity contribution is 0.572. The highest BCUT2D eigenvalue weighted by molar-refractivity contribution is 5.79. The first-order valence-electron chi connectivity index (χ1n) is 10.1. The normalized spacial score (nSPS) is 13.0. The molecule has 31 heavy (non-hydrogen) atoms. The minimum atomic E-state index is 0.524. The predicted molar refractivity (Wildman–Crippen MR) is 119 cm³/mol. The molecule has 0 atom stereocenters. The number of aromatic nitrogens is 5. The van der Waals surface area contributed by atoms with Crippen molar-refractivity contribution in [3.63, 3.8) is 0 Å². The summed E-state index contributed by atoms with van der Waals surface area (Å²) in [7, 11) is 0. The third kappa shape index (κ3) is 3.95. The number of benzene rings is 1. The Labute approximate surface area is 179 Å². The third-order valence-corrected chi connectivity index (χ3v) is 4.98. The molecule has 0 saturated heterocycles. The fourth-order valence-corrected chi connectivity index (χ4v) is 3.40. The van der Waals surface area contributed by atoms with Crippen LogP contribution in [0.4, 0.5) is 11.6 Å². The van der Waals surface area contributed by atoms with Crippen molar-refractivity contribution in [1.29, 1.82) is 0 Å². The van der Waals surface area contributed by atoms with Crippen LogP contribution < -0.4 is 10.6 Å². The topological polar surface area (TPSA) is 93.7 Å². The van der Waals surface area contributed by atoms with Gasteiger partial charge in [0.05, 0.1) is 17.6 Å². The van der Waals surface area contributed by atoms with Crippen LogP contribution in [0.5, 0.6) is 0 Å². The van der Waals surface area contributed by atoms with Gasteiger partial charge in [-0.3, -0.25) is 4.68 Å². The summed E-state index contributed by atoms with van der Waals surface area (Å²) >= 11 is 0. The molecule has 4 aromatic rings. The molecule has 8 heteroatoms. The van der Waals surface area contributed by atoms with Gasteiger partial charge in [-0.2, -0.15) is 5.10 Å². The van der Waals surface area contributed by atoms with E-state index in [4.69, 9.17) is 14.5 Å². The van der Waals surface area contributed by atoms with Crippen molar-refractivity contribution in [2.75, 3.05) is 11.9 Å². The van der Waals surface area contributed by atoms with E-state index < -0.39 is 0 Å². The number of oxazole rings is 1. The van der Waals surface area contributed by atoms with Gasteiger partial charge in [0.25, 0.3) is 0 Å². The summed E-state index contributed by atoms with van der Waals surface area (Å²) in [6.45, 7) is 3.60. The Bertz CT molecular complexity index is 1240. The molecule has 0 spiro atoms. The van der Waals surface area contributed by atoms with Crippen LogP contribution in [-0.2, 0) is 6.54 Å². The van der Waals surface area contributed by atoms with Crippen molar-refractivity contribution in [3.05, 3.63) is 79.4 Å². The zero-order chi connectivity index (χ0) is 21.0. The minimum Gasteiger partial charge on any atom is -0.444 e. The van der Waals surface area contributed by atoms with E-state index in [1.54, 1.807) is 12.4 Å². The molecule has 0 bridgehead atoms. The van der Waals surface area contributed by atoms with E-state index in [1.165, 1.54) is 6.39 Å². The molecule has 0 fully saturated rings. The van der Waals surface area contributed by atoms with Crippen LogP contribution in [0.15, 0.2) is 78.1 Å². The van der Waals surface area contributed by atoms with Gasteiger partial charge in [0.1, 0.15) is 0 Å². The fourth-order valence-electron chi connectivity index (χ4n) is 3.40. The van der Waals surface area contributed by atoms with Gasteiger partial charge in [-0.05, 0) is 55.1 Å². The van der Waals surface area contributed by atoms with Gasteiger partial charge < -0.3 is 15.1 Å². The largest absolute Gasteiger partial charge is 0.444 e. The maximum Gasteiger partial charge on any atom is 0.227 e. The Morgan fingerprint density at radius 3 is 2.84 bits per heavy atom. The van der Waals surface area contributed by atoms with E-state index >= 15 is 0 Å². The van der Waals surface area contributed by atoms with Crippen molar-refractivity contribution in [2.24, 2.45) is 0 Å². The van der Waals surface area contributed by atoms with Gasteiger partial charge in [-0.25, -0.2) is 15.0 Å². The van der Waals surface area contributed by atoms with Crippen molar-refractivity contribution in [1.82, 2.24) is 30.0 Å². The molecular weight excluding hydrogens is 390 g/mol. The van der Waals surface area contributed by atoms with E-state index in [0.717, 1.165) is 52.6 Å². The van der Waals surface area contributed by atoms with E-state index in [-0.39, 0.29) is 0 Å². The molecule has 154 valence electrons. The third-order valence-electron chi connectivity index (χ3n) is 4.98. The van der Waals surface area contributed by atoms with Gasteiger partial charge >= 0.3 is 0 Å². The minimum absolute atomic E-state index is 0.524. The van der Waals surface area contributed by atoms with Crippen molar-refractivity contribution >= 4 is 17.2 Å². The second kappa shape index (κ2) is 8.27. The first kappa shape index (κ1) is 18.8. The number of dihydropyridines is 1. The average molecular weight is 411 g/mol. The van der Waals surface area contributed by atoms with Crippen LogP contribution in [0.2, 0.25) is 0 Å². The highest BCUT2D eigenvalue weighted by atomic mass is 16.3. The number of nitrogens with zero attached hydrogens (tertiary/aromatic N) is 5. The Morgan fingerprint density at radius 1 is 1.19 bits per heavy atom. The molecule has 5 rings (SSSR count). The van der Waals surface area contributed by atoms with Gasteiger partial charge in [-0.15, -0.1) is 0 Å². The Balaban J connectivity index is 1.43. The highest BCUT2D eigenvalue weighted by Crippen LogP contribution is 2.28. The first-order chi connectivity index (χ1) is 15.3. The number of nitrogens with one attached hydrogen (secondary N) is 2. The molecule has 0 aliphatic carbocycles. The summed E-state index contributed by atoms with van der Waals surface area (Å²) in [5.41, 5.74) is 5.70. The summed E-state index contributed by atoms with van der Waals surface area (Å²) in [4.78, 5) is 13.1. The summed E-state index contributed by atoms with van der Waals surface area (Å²) in [6.07, 6.45) is 12.9. The molecule has 0 amide bonds. The van der Waals surface area contributed by atoms with Crippen molar-refractivity contribution < 1.29 is 4.42 Å². The van der Waals surface area contributed by atoms with Gasteiger partial charge in [0, 0.05) is 42.3 Å². The Hall–Kier alpha value is -4.20. The lowest BCUT2D eigenvalue weighted by Gasteiger charge is -2.11. The zero-order valence-corrected chi connectivity index (χ0v) is 17.0. The quantitative estimate of drug-likeness (QED) is 0.490. The Morgan fingerprint density at radius 2 is 2.10 bits per heavy atom. The van der Waals surface area contributed by atoms with Crippen LogP contribution >= 0.6 is 0 Å². The number of hydrogen-bond donors (Lipinski definition) is 2. The average Bonchev–Trinajstić information content (AvgIpc) is 3.51. The monoisotopic (exact) mass is 411 g/mol. The van der Waals surface area contributed by atoms with Crippen LogP contribution in [-0.4, -0.2) is 31.3 Å². The van der Waals surface area contributed by atoms with Crippen LogP contribution in [0.3, 0.4) is 0 Å². The molecule has 1 aliphatic heterocycles. The lowest BCUT2D eigenvalue weighted by atomic mass is 10.0. The summed E-state index contributed by atoms with van der Waals surface area (Å²) in [5.74, 6) is 1.25. The molecule has 1 aliphatic rings. The van der Waals surface area contributed by atoms with Gasteiger partial charge in [0.2, 0.25) is 5.95 Å². The molecule has 0 unspecified atom stereocenters. The molecule has 0 radical (unpaired) electrons. The number of aryl methyl sites for hydroxylation is 1. The fraction of sp³-hybridized carbons (Fsp3) is 0.130. The highest BCUT2D eigenvalue weighted by Gasteiger charge is 2.17. The second-order valence-electron chi connectivity index (χ2n) is 7.01. The molecule has 8 nitrogen and oxygen atoms in total.